The van der Waals surface area contributed by atoms with E-state index in [2.05, 4.69) is 16.0 Å². The number of hydrogen-bond acceptors (Lipinski definition) is 4. The second-order valence-corrected chi connectivity index (χ2v) is 4.25. The topological polar surface area (TPSA) is 79.5 Å². The van der Waals surface area contributed by atoms with Crippen LogP contribution in [-0.4, -0.2) is 51.7 Å². The Kier molecular flexibility index (Phi) is 12.5. The van der Waals surface area contributed by atoms with Gasteiger partial charge in [0.2, 0.25) is 11.8 Å². The first-order chi connectivity index (χ1) is 9.20. The minimum atomic E-state index is 0. The fourth-order valence-electron chi connectivity index (χ4n) is 1.51. The Morgan fingerprint density at radius 3 is 2.11 bits per heavy atom. The lowest BCUT2D eigenvalue weighted by atomic mass is 10.2. The Bertz CT molecular complexity index is 260. The van der Waals surface area contributed by atoms with Crippen LogP contribution in [0.15, 0.2) is 0 Å². The molecule has 0 atom stereocenters. The zero-order valence-corrected chi connectivity index (χ0v) is 12.1. The summed E-state index contributed by atoms with van der Waals surface area (Å²) in [5.74, 6) is 0.0716. The fourth-order valence-corrected chi connectivity index (χ4v) is 1.51. The normalized spacial score (nSPS) is 10.2. The first-order valence-electron chi connectivity index (χ1n) is 6.93. The van der Waals surface area contributed by atoms with Gasteiger partial charge in [0.05, 0.1) is 6.61 Å². The Balaban J connectivity index is -0.000000540. The molecule has 0 unspecified atom stereocenters. The van der Waals surface area contributed by atoms with Crippen LogP contribution >= 0.6 is 0 Å². The van der Waals surface area contributed by atoms with E-state index in [1.165, 1.54) is 0 Å². The molecular formula is C13H33N3O3. The van der Waals surface area contributed by atoms with E-state index in [1.54, 1.807) is 7.11 Å². The average Bonchev–Trinajstić information content (AvgIpc) is 2.40. The number of ether oxygens (including phenoxy) is 1. The van der Waals surface area contributed by atoms with Crippen LogP contribution in [0.1, 0.15) is 36.9 Å². The van der Waals surface area contributed by atoms with Crippen molar-refractivity contribution >= 4 is 11.8 Å². The lowest BCUT2D eigenvalue weighted by Crippen LogP contribution is -2.31. The third kappa shape index (κ3) is 13.1. The van der Waals surface area contributed by atoms with Crippen molar-refractivity contribution in [3.8, 4) is 0 Å². The largest absolute Gasteiger partial charge is 0.383 e. The number of hydrogen-bond donors (Lipinski definition) is 3. The minimum Gasteiger partial charge on any atom is -0.383 e. The number of likely N-dealkylation sites (N-methyl/N-ethyl adjacent to an activating group) is 1. The lowest BCUT2D eigenvalue weighted by molar-refractivity contribution is -0.123. The van der Waals surface area contributed by atoms with Gasteiger partial charge in [-0.25, -0.2) is 0 Å². The Labute approximate surface area is 120 Å². The summed E-state index contributed by atoms with van der Waals surface area (Å²) in [5.41, 5.74) is 0. The molecule has 6 nitrogen and oxygen atoms in total. The van der Waals surface area contributed by atoms with Crippen LogP contribution in [0.5, 0.6) is 0 Å². The van der Waals surface area contributed by atoms with Crippen molar-refractivity contribution in [3.63, 3.8) is 0 Å². The van der Waals surface area contributed by atoms with E-state index in [0.29, 0.717) is 32.5 Å². The molecule has 0 aliphatic heterocycles. The molecule has 0 heterocycles. The summed E-state index contributed by atoms with van der Waals surface area (Å²) in [6.07, 6.45) is 2.43. The quantitative estimate of drug-likeness (QED) is 0.461. The van der Waals surface area contributed by atoms with Crippen LogP contribution in [0.3, 0.4) is 0 Å². The Hall–Kier alpha value is -1.14. The van der Waals surface area contributed by atoms with Crippen molar-refractivity contribution in [1.29, 1.82) is 0 Å². The van der Waals surface area contributed by atoms with Gasteiger partial charge in [0.1, 0.15) is 0 Å². The predicted molar refractivity (Wildman–Crippen MR) is 81.2 cm³/mol. The highest BCUT2D eigenvalue weighted by Gasteiger charge is 2.03. The van der Waals surface area contributed by atoms with Gasteiger partial charge in [0.15, 0.2) is 0 Å². The molecule has 118 valence electrons. The van der Waals surface area contributed by atoms with Crippen LogP contribution in [-0.2, 0) is 14.3 Å². The summed E-state index contributed by atoms with van der Waals surface area (Å²) in [7, 11) is 1.60. The van der Waals surface area contributed by atoms with Crippen molar-refractivity contribution in [2.45, 2.75) is 32.6 Å². The molecule has 2 amide bonds. The summed E-state index contributed by atoms with van der Waals surface area (Å²) in [6, 6.07) is 0. The Morgan fingerprint density at radius 2 is 1.58 bits per heavy atom. The second-order valence-electron chi connectivity index (χ2n) is 4.25. The predicted octanol–water partition coefficient (Wildman–Crippen LogP) is 0.773. The molecule has 0 radical (unpaired) electrons. The van der Waals surface area contributed by atoms with Crippen LogP contribution in [0.2, 0.25) is 0 Å². The maximum atomic E-state index is 11.4. The maximum Gasteiger partial charge on any atom is 0.220 e. The van der Waals surface area contributed by atoms with Gasteiger partial charge < -0.3 is 20.7 Å². The molecule has 0 aliphatic carbocycles. The molecule has 0 saturated carbocycles. The fraction of sp³-hybridized carbons (Fsp3) is 0.846. The van der Waals surface area contributed by atoms with E-state index in [4.69, 9.17) is 4.74 Å². The van der Waals surface area contributed by atoms with Crippen LogP contribution in [0, 0.1) is 0 Å². The van der Waals surface area contributed by atoms with Gasteiger partial charge in [-0.15, -0.1) is 0 Å². The third-order valence-electron chi connectivity index (χ3n) is 2.56. The van der Waals surface area contributed by atoms with E-state index >= 15 is 0 Å². The summed E-state index contributed by atoms with van der Waals surface area (Å²) in [4.78, 5) is 22.7. The molecule has 0 rings (SSSR count). The highest BCUT2D eigenvalue weighted by molar-refractivity contribution is 5.77. The van der Waals surface area contributed by atoms with Crippen molar-refractivity contribution < 1.29 is 18.6 Å². The van der Waals surface area contributed by atoms with Gasteiger partial charge in [-0.1, -0.05) is 6.92 Å². The van der Waals surface area contributed by atoms with Crippen molar-refractivity contribution in [1.82, 2.24) is 16.0 Å². The first kappa shape index (κ1) is 17.9. The molecule has 0 aromatic heterocycles. The van der Waals surface area contributed by atoms with Gasteiger partial charge >= 0.3 is 0 Å². The molecule has 6 heteroatoms. The standard InChI is InChI=1S/C13H27N3O3.3H2/c1-3-14-8-9-15-12(17)6-4-5-7-13(18)16-10-11-19-2;;;/h14H,3-11H2,1-2H3,(H,15,17)(H,16,18);3*1H. The molecule has 0 aromatic carbocycles. The van der Waals surface area contributed by atoms with Gasteiger partial charge in [-0.2, -0.15) is 0 Å². The summed E-state index contributed by atoms with van der Waals surface area (Å²) in [5, 5.41) is 8.71. The van der Waals surface area contributed by atoms with E-state index in [0.717, 1.165) is 25.9 Å². The van der Waals surface area contributed by atoms with E-state index in [9.17, 15) is 9.59 Å². The van der Waals surface area contributed by atoms with Crippen LogP contribution in [0.25, 0.3) is 0 Å². The molecule has 0 spiro atoms. The SMILES string of the molecule is CCNCCNC(=O)CCCCC(=O)NCCOC.[HH].[HH].[HH]. The number of nitrogens with one attached hydrogen (secondary N) is 3. The zero-order chi connectivity index (χ0) is 14.3. The summed E-state index contributed by atoms with van der Waals surface area (Å²) < 4.78 is 4.83. The molecular weight excluding hydrogens is 246 g/mol. The second kappa shape index (κ2) is 13.3. The van der Waals surface area contributed by atoms with Crippen LogP contribution < -0.4 is 16.0 Å². The van der Waals surface area contributed by atoms with Gasteiger partial charge in [0, 0.05) is 43.9 Å². The molecule has 0 bridgehead atoms. The number of rotatable bonds is 12. The first-order valence-corrected chi connectivity index (χ1v) is 6.93. The van der Waals surface area contributed by atoms with Crippen molar-refractivity contribution in [2.24, 2.45) is 0 Å². The Morgan fingerprint density at radius 1 is 1.00 bits per heavy atom. The van der Waals surface area contributed by atoms with Crippen LogP contribution in [0.4, 0.5) is 0 Å². The number of amides is 2. The number of methoxy groups -OCH3 is 1. The number of carbonyl (C=O) groups is 2. The van der Waals surface area contributed by atoms with E-state index in [1.807, 2.05) is 6.92 Å². The highest BCUT2D eigenvalue weighted by atomic mass is 16.5. The number of carbonyl (C=O) groups excluding carboxylic acids is 2. The van der Waals surface area contributed by atoms with E-state index < -0.39 is 0 Å². The zero-order valence-electron chi connectivity index (χ0n) is 12.1. The lowest BCUT2D eigenvalue weighted by Gasteiger charge is -2.06. The van der Waals surface area contributed by atoms with Gasteiger partial charge in [-0.3, -0.25) is 9.59 Å². The van der Waals surface area contributed by atoms with Crippen molar-refractivity contribution in [2.75, 3.05) is 39.9 Å². The molecule has 0 saturated heterocycles. The third-order valence-corrected chi connectivity index (χ3v) is 2.56. The smallest absolute Gasteiger partial charge is 0.220 e. The molecule has 0 aliphatic rings. The minimum absolute atomic E-state index is 0. The van der Waals surface area contributed by atoms with Gasteiger partial charge in [-0.05, 0) is 19.4 Å². The molecule has 3 N–H and O–H groups in total. The number of unbranched alkanes of at least 4 members (excludes halogenated alkanes) is 1. The van der Waals surface area contributed by atoms with Gasteiger partial charge in [0.25, 0.3) is 0 Å². The monoisotopic (exact) mass is 279 g/mol. The maximum absolute atomic E-state index is 11.4. The van der Waals surface area contributed by atoms with Crippen molar-refractivity contribution in [3.05, 3.63) is 0 Å². The summed E-state index contributed by atoms with van der Waals surface area (Å²) >= 11 is 0. The molecule has 19 heavy (non-hydrogen) atoms. The average molecular weight is 279 g/mol. The van der Waals surface area contributed by atoms with E-state index in [-0.39, 0.29) is 16.1 Å². The molecule has 0 fully saturated rings. The molecule has 0 aromatic rings. The summed E-state index contributed by atoms with van der Waals surface area (Å²) in [6.45, 7) is 5.46. The highest BCUT2D eigenvalue weighted by Crippen LogP contribution is 1.99.